The molecule has 3 aromatic rings. The monoisotopic (exact) mass is 326 g/mol. The second-order valence-corrected chi connectivity index (χ2v) is 5.13. The lowest BCUT2D eigenvalue weighted by atomic mass is 10.2. The van der Waals surface area contributed by atoms with Crippen molar-refractivity contribution in [2.75, 3.05) is 19.5 Å². The van der Waals surface area contributed by atoms with Crippen LogP contribution in [-0.4, -0.2) is 20.3 Å². The van der Waals surface area contributed by atoms with E-state index in [0.29, 0.717) is 29.5 Å². The van der Waals surface area contributed by atoms with Crippen LogP contribution in [-0.2, 0) is 6.54 Å². The summed E-state index contributed by atoms with van der Waals surface area (Å²) in [5.74, 6) is 1.84. The number of rotatable bonds is 5. The number of furan rings is 1. The molecule has 0 fully saturated rings. The maximum Gasteiger partial charge on any atom is 0.319 e. The van der Waals surface area contributed by atoms with Crippen molar-refractivity contribution < 1.29 is 18.7 Å². The van der Waals surface area contributed by atoms with Crippen LogP contribution in [0.15, 0.2) is 52.9 Å². The summed E-state index contributed by atoms with van der Waals surface area (Å²) in [6, 6.07) is 14.4. The molecule has 0 spiro atoms. The highest BCUT2D eigenvalue weighted by Gasteiger charge is 2.08. The molecule has 2 N–H and O–H groups in total. The Morgan fingerprint density at radius 1 is 1.04 bits per heavy atom. The lowest BCUT2D eigenvalue weighted by Gasteiger charge is -2.11. The van der Waals surface area contributed by atoms with E-state index in [-0.39, 0.29) is 6.03 Å². The molecule has 0 bridgehead atoms. The largest absolute Gasteiger partial charge is 0.493 e. The average molecular weight is 326 g/mol. The SMILES string of the molecule is COc1ccc(NC(=O)NCc2cc3ccccc3o2)cc1OC. The molecule has 6 nitrogen and oxygen atoms in total. The highest BCUT2D eigenvalue weighted by Crippen LogP contribution is 2.29. The Hall–Kier alpha value is -3.15. The zero-order valence-corrected chi connectivity index (χ0v) is 13.5. The number of methoxy groups -OCH3 is 2. The minimum atomic E-state index is -0.331. The van der Waals surface area contributed by atoms with Crippen LogP contribution in [0.2, 0.25) is 0 Å². The molecule has 0 unspecified atom stereocenters. The van der Waals surface area contributed by atoms with E-state index in [1.165, 1.54) is 0 Å². The highest BCUT2D eigenvalue weighted by atomic mass is 16.5. The summed E-state index contributed by atoms with van der Waals surface area (Å²) in [5, 5.41) is 6.51. The fourth-order valence-corrected chi connectivity index (χ4v) is 2.38. The van der Waals surface area contributed by atoms with E-state index in [2.05, 4.69) is 10.6 Å². The van der Waals surface area contributed by atoms with Gasteiger partial charge in [0.05, 0.1) is 20.8 Å². The quantitative estimate of drug-likeness (QED) is 0.748. The maximum atomic E-state index is 12.0. The van der Waals surface area contributed by atoms with E-state index >= 15 is 0 Å². The maximum absolute atomic E-state index is 12.0. The van der Waals surface area contributed by atoms with Crippen molar-refractivity contribution in [3.63, 3.8) is 0 Å². The Kier molecular flexibility index (Phi) is 4.56. The Morgan fingerprint density at radius 2 is 1.83 bits per heavy atom. The second kappa shape index (κ2) is 6.95. The van der Waals surface area contributed by atoms with Crippen LogP contribution in [0.25, 0.3) is 11.0 Å². The van der Waals surface area contributed by atoms with Gasteiger partial charge >= 0.3 is 6.03 Å². The molecule has 124 valence electrons. The molecule has 0 saturated carbocycles. The van der Waals surface area contributed by atoms with Crippen molar-refractivity contribution in [3.05, 3.63) is 54.3 Å². The van der Waals surface area contributed by atoms with Gasteiger partial charge in [-0.2, -0.15) is 0 Å². The van der Waals surface area contributed by atoms with Gasteiger partial charge in [-0.3, -0.25) is 0 Å². The first-order valence-corrected chi connectivity index (χ1v) is 7.44. The standard InChI is InChI=1S/C18H18N2O4/c1-22-16-8-7-13(10-17(16)23-2)20-18(21)19-11-14-9-12-5-3-4-6-15(12)24-14/h3-10H,11H2,1-2H3,(H2,19,20,21). The number of benzene rings is 2. The third-order valence-electron chi connectivity index (χ3n) is 3.54. The topological polar surface area (TPSA) is 72.7 Å². The molecule has 0 atom stereocenters. The molecule has 1 aromatic heterocycles. The number of carbonyl (C=O) groups excluding carboxylic acids is 1. The Labute approximate surface area is 139 Å². The van der Waals surface area contributed by atoms with Gasteiger partial charge in [-0.1, -0.05) is 18.2 Å². The van der Waals surface area contributed by atoms with Gasteiger partial charge in [-0.15, -0.1) is 0 Å². The van der Waals surface area contributed by atoms with E-state index in [4.69, 9.17) is 13.9 Å². The van der Waals surface area contributed by atoms with Crippen molar-refractivity contribution >= 4 is 22.7 Å². The molecule has 3 rings (SSSR count). The number of amides is 2. The number of anilines is 1. The first-order valence-electron chi connectivity index (χ1n) is 7.44. The molecular formula is C18H18N2O4. The zero-order valence-electron chi connectivity index (χ0n) is 13.5. The number of para-hydroxylation sites is 1. The van der Waals surface area contributed by atoms with Gasteiger partial charge in [-0.25, -0.2) is 4.79 Å². The van der Waals surface area contributed by atoms with Gasteiger partial charge in [0.1, 0.15) is 11.3 Å². The predicted molar refractivity (Wildman–Crippen MR) is 91.6 cm³/mol. The van der Waals surface area contributed by atoms with Crippen LogP contribution < -0.4 is 20.1 Å². The van der Waals surface area contributed by atoms with Crippen LogP contribution in [0, 0.1) is 0 Å². The number of carbonyl (C=O) groups is 1. The van der Waals surface area contributed by atoms with Gasteiger partial charge in [0, 0.05) is 17.1 Å². The van der Waals surface area contributed by atoms with E-state index in [9.17, 15) is 4.79 Å². The third kappa shape index (κ3) is 3.43. The predicted octanol–water partition coefficient (Wildman–Crippen LogP) is 3.77. The molecule has 2 aromatic carbocycles. The summed E-state index contributed by atoms with van der Waals surface area (Å²) in [4.78, 5) is 12.0. The minimum absolute atomic E-state index is 0.299. The lowest BCUT2D eigenvalue weighted by Crippen LogP contribution is -2.27. The minimum Gasteiger partial charge on any atom is -0.493 e. The Bertz CT molecular complexity index is 824. The number of nitrogens with one attached hydrogen (secondary N) is 2. The molecule has 0 aliphatic rings. The smallest absolute Gasteiger partial charge is 0.319 e. The fraction of sp³-hybridized carbons (Fsp3) is 0.167. The fourth-order valence-electron chi connectivity index (χ4n) is 2.38. The van der Waals surface area contributed by atoms with Crippen LogP contribution in [0.1, 0.15) is 5.76 Å². The van der Waals surface area contributed by atoms with Crippen molar-refractivity contribution in [2.45, 2.75) is 6.54 Å². The van der Waals surface area contributed by atoms with E-state index in [1.54, 1.807) is 32.4 Å². The molecule has 0 radical (unpaired) electrons. The number of urea groups is 1. The van der Waals surface area contributed by atoms with Crippen LogP contribution in [0.5, 0.6) is 11.5 Å². The van der Waals surface area contributed by atoms with Crippen molar-refractivity contribution in [1.29, 1.82) is 0 Å². The number of hydrogen-bond donors (Lipinski definition) is 2. The van der Waals surface area contributed by atoms with Gasteiger partial charge in [-0.05, 0) is 24.3 Å². The third-order valence-corrected chi connectivity index (χ3v) is 3.54. The summed E-state index contributed by atoms with van der Waals surface area (Å²) >= 11 is 0. The first kappa shape index (κ1) is 15.7. The number of fused-ring (bicyclic) bond motifs is 1. The molecule has 0 aliphatic carbocycles. The summed E-state index contributed by atoms with van der Waals surface area (Å²) in [6.07, 6.45) is 0. The van der Waals surface area contributed by atoms with Crippen LogP contribution >= 0.6 is 0 Å². The van der Waals surface area contributed by atoms with E-state index in [1.807, 2.05) is 30.3 Å². The number of ether oxygens (including phenoxy) is 2. The molecule has 24 heavy (non-hydrogen) atoms. The normalized spacial score (nSPS) is 10.4. The van der Waals surface area contributed by atoms with Crippen molar-refractivity contribution in [3.8, 4) is 11.5 Å². The van der Waals surface area contributed by atoms with Gasteiger partial charge in [0.2, 0.25) is 0 Å². The van der Waals surface area contributed by atoms with E-state index < -0.39 is 0 Å². The Morgan fingerprint density at radius 3 is 2.58 bits per heavy atom. The summed E-state index contributed by atoms with van der Waals surface area (Å²) in [6.45, 7) is 0.299. The number of hydrogen-bond acceptors (Lipinski definition) is 4. The molecule has 1 heterocycles. The summed E-state index contributed by atoms with van der Waals surface area (Å²) < 4.78 is 16.0. The highest BCUT2D eigenvalue weighted by molar-refractivity contribution is 5.89. The summed E-state index contributed by atoms with van der Waals surface area (Å²) in [7, 11) is 3.11. The van der Waals surface area contributed by atoms with Gasteiger partial charge < -0.3 is 24.5 Å². The van der Waals surface area contributed by atoms with E-state index in [0.717, 1.165) is 11.0 Å². The Balaban J connectivity index is 1.61. The van der Waals surface area contributed by atoms with Crippen LogP contribution in [0.4, 0.5) is 10.5 Å². The molecule has 6 heteroatoms. The lowest BCUT2D eigenvalue weighted by molar-refractivity contribution is 0.251. The first-order chi connectivity index (χ1) is 11.7. The molecule has 0 saturated heterocycles. The summed E-state index contributed by atoms with van der Waals surface area (Å²) in [5.41, 5.74) is 1.41. The van der Waals surface area contributed by atoms with Gasteiger partial charge in [0.25, 0.3) is 0 Å². The molecular weight excluding hydrogens is 308 g/mol. The van der Waals surface area contributed by atoms with Gasteiger partial charge in [0.15, 0.2) is 11.5 Å². The zero-order chi connectivity index (χ0) is 16.9. The average Bonchev–Trinajstić information content (AvgIpc) is 3.03. The molecule has 0 aliphatic heterocycles. The van der Waals surface area contributed by atoms with Crippen molar-refractivity contribution in [1.82, 2.24) is 5.32 Å². The molecule has 2 amide bonds. The second-order valence-electron chi connectivity index (χ2n) is 5.13. The van der Waals surface area contributed by atoms with Crippen LogP contribution in [0.3, 0.4) is 0 Å². The van der Waals surface area contributed by atoms with Crippen molar-refractivity contribution in [2.24, 2.45) is 0 Å².